The summed E-state index contributed by atoms with van der Waals surface area (Å²) in [5.74, 6) is 0.882. The number of hydrogen-bond acceptors (Lipinski definition) is 4. The zero-order valence-electron chi connectivity index (χ0n) is 9.14. The van der Waals surface area contributed by atoms with Gasteiger partial charge in [0.1, 0.15) is 5.82 Å². The highest BCUT2D eigenvalue weighted by molar-refractivity contribution is 6.33. The average Bonchev–Trinajstić information content (AvgIpc) is 2.20. The fourth-order valence-electron chi connectivity index (χ4n) is 1.33. The lowest BCUT2D eigenvalue weighted by molar-refractivity contribution is 1.11. The first-order valence-corrected chi connectivity index (χ1v) is 5.15. The van der Waals surface area contributed by atoms with Crippen LogP contribution in [0, 0.1) is 6.92 Å². The molecule has 0 atom stereocenters. The number of rotatable bonds is 2. The van der Waals surface area contributed by atoms with E-state index in [1.165, 1.54) is 0 Å². The highest BCUT2D eigenvalue weighted by Crippen LogP contribution is 2.23. The van der Waals surface area contributed by atoms with Crippen molar-refractivity contribution in [2.24, 2.45) is 0 Å². The number of aromatic nitrogens is 2. The number of benzene rings is 1. The van der Waals surface area contributed by atoms with E-state index in [1.54, 1.807) is 12.1 Å². The molecule has 0 fully saturated rings. The van der Waals surface area contributed by atoms with Gasteiger partial charge in [-0.05, 0) is 19.1 Å². The van der Waals surface area contributed by atoms with Crippen molar-refractivity contribution in [2.45, 2.75) is 6.92 Å². The van der Waals surface area contributed by atoms with Crippen LogP contribution in [-0.2, 0) is 0 Å². The smallest absolute Gasteiger partial charge is 0.229 e. The molecule has 1 heterocycles. The topological polar surface area (TPSA) is 63.8 Å². The molecule has 0 aliphatic carbocycles. The summed E-state index contributed by atoms with van der Waals surface area (Å²) in [6, 6.07) is 9.09. The van der Waals surface area contributed by atoms with Gasteiger partial charge in [-0.3, -0.25) is 0 Å². The third-order valence-electron chi connectivity index (χ3n) is 1.99. The Morgan fingerprint density at radius 1 is 1.24 bits per heavy atom. The van der Waals surface area contributed by atoms with E-state index >= 15 is 0 Å². The van der Waals surface area contributed by atoms with Crippen molar-refractivity contribution >= 4 is 41.5 Å². The third kappa shape index (κ3) is 3.47. The van der Waals surface area contributed by atoms with Gasteiger partial charge >= 0.3 is 0 Å². The summed E-state index contributed by atoms with van der Waals surface area (Å²) < 4.78 is 0. The Bertz CT molecular complexity index is 496. The summed E-state index contributed by atoms with van der Waals surface area (Å²) in [4.78, 5) is 8.28. The quantitative estimate of drug-likeness (QED) is 0.880. The second kappa shape index (κ2) is 5.70. The van der Waals surface area contributed by atoms with Gasteiger partial charge in [-0.1, -0.05) is 23.7 Å². The minimum atomic E-state index is 0. The summed E-state index contributed by atoms with van der Waals surface area (Å²) in [6.45, 7) is 1.86. The molecule has 4 nitrogen and oxygen atoms in total. The first-order chi connectivity index (χ1) is 7.65. The number of para-hydroxylation sites is 1. The Balaban J connectivity index is 0.00000144. The monoisotopic (exact) mass is 270 g/mol. The molecule has 2 aromatic rings. The number of hydrogen-bond donors (Lipinski definition) is 2. The van der Waals surface area contributed by atoms with Crippen LogP contribution in [0.25, 0.3) is 0 Å². The minimum absolute atomic E-state index is 0. The van der Waals surface area contributed by atoms with E-state index in [0.29, 0.717) is 16.8 Å². The van der Waals surface area contributed by atoms with Crippen LogP contribution in [0.5, 0.6) is 0 Å². The number of aryl methyl sites for hydroxylation is 1. The van der Waals surface area contributed by atoms with Crippen LogP contribution in [0.2, 0.25) is 5.02 Å². The second-order valence-corrected chi connectivity index (χ2v) is 3.77. The van der Waals surface area contributed by atoms with Gasteiger partial charge in [0.25, 0.3) is 0 Å². The molecule has 6 heteroatoms. The Hall–Kier alpha value is -1.52. The fraction of sp³-hybridized carbons (Fsp3) is 0.0909. The van der Waals surface area contributed by atoms with Gasteiger partial charge in [-0.25, -0.2) is 4.98 Å². The van der Waals surface area contributed by atoms with Crippen molar-refractivity contribution in [1.29, 1.82) is 0 Å². The highest BCUT2D eigenvalue weighted by Gasteiger charge is 2.03. The SMILES string of the molecule is Cc1cc(N)nc(Nc2ccccc2Cl)n1.Cl. The standard InChI is InChI=1S/C11H11ClN4.ClH/c1-7-6-10(13)16-11(14-7)15-9-5-3-2-4-8(9)12;/h2-6H,1H3,(H3,13,14,15,16);1H. The van der Waals surface area contributed by atoms with E-state index in [-0.39, 0.29) is 12.4 Å². The van der Waals surface area contributed by atoms with Crippen LogP contribution < -0.4 is 11.1 Å². The predicted molar refractivity (Wildman–Crippen MR) is 73.2 cm³/mol. The molecule has 1 aromatic carbocycles. The van der Waals surface area contributed by atoms with Gasteiger partial charge in [0.15, 0.2) is 0 Å². The lowest BCUT2D eigenvalue weighted by Crippen LogP contribution is -2.01. The van der Waals surface area contributed by atoms with Crippen molar-refractivity contribution in [3.8, 4) is 0 Å². The maximum absolute atomic E-state index is 6.00. The van der Waals surface area contributed by atoms with Crippen molar-refractivity contribution in [1.82, 2.24) is 9.97 Å². The molecule has 0 amide bonds. The van der Waals surface area contributed by atoms with E-state index in [0.717, 1.165) is 11.4 Å². The Kier molecular flexibility index (Phi) is 4.54. The number of halogens is 2. The second-order valence-electron chi connectivity index (χ2n) is 3.36. The van der Waals surface area contributed by atoms with Gasteiger partial charge in [-0.2, -0.15) is 4.98 Å². The van der Waals surface area contributed by atoms with Crippen LogP contribution in [-0.4, -0.2) is 9.97 Å². The van der Waals surface area contributed by atoms with Gasteiger partial charge < -0.3 is 11.1 Å². The number of nitrogen functional groups attached to an aromatic ring is 1. The number of nitrogens with one attached hydrogen (secondary N) is 1. The normalized spacial score (nSPS) is 9.53. The Labute approximate surface area is 111 Å². The van der Waals surface area contributed by atoms with Crippen molar-refractivity contribution in [3.05, 3.63) is 41.0 Å². The molecule has 1 aromatic heterocycles. The molecule has 3 N–H and O–H groups in total. The third-order valence-corrected chi connectivity index (χ3v) is 2.32. The minimum Gasteiger partial charge on any atom is -0.384 e. The van der Waals surface area contributed by atoms with Crippen LogP contribution in [0.3, 0.4) is 0 Å². The molecule has 90 valence electrons. The van der Waals surface area contributed by atoms with E-state index in [9.17, 15) is 0 Å². The number of nitrogens with zero attached hydrogens (tertiary/aromatic N) is 2. The molecular weight excluding hydrogens is 259 g/mol. The van der Waals surface area contributed by atoms with Gasteiger partial charge in [-0.15, -0.1) is 12.4 Å². The van der Waals surface area contributed by atoms with Gasteiger partial charge in [0.05, 0.1) is 10.7 Å². The molecule has 0 saturated heterocycles. The zero-order valence-corrected chi connectivity index (χ0v) is 10.7. The van der Waals surface area contributed by atoms with E-state index in [1.807, 2.05) is 25.1 Å². The molecule has 0 bridgehead atoms. The zero-order chi connectivity index (χ0) is 11.5. The maximum Gasteiger partial charge on any atom is 0.229 e. The van der Waals surface area contributed by atoms with Crippen molar-refractivity contribution in [3.63, 3.8) is 0 Å². The molecule has 17 heavy (non-hydrogen) atoms. The molecule has 0 radical (unpaired) electrons. The Morgan fingerprint density at radius 2 is 1.94 bits per heavy atom. The summed E-state index contributed by atoms with van der Waals surface area (Å²) in [5, 5.41) is 3.64. The van der Waals surface area contributed by atoms with E-state index < -0.39 is 0 Å². The summed E-state index contributed by atoms with van der Waals surface area (Å²) in [7, 11) is 0. The molecule has 2 rings (SSSR count). The maximum atomic E-state index is 6.00. The van der Waals surface area contributed by atoms with Crippen molar-refractivity contribution < 1.29 is 0 Å². The number of anilines is 3. The summed E-state index contributed by atoms with van der Waals surface area (Å²) in [6.07, 6.45) is 0. The summed E-state index contributed by atoms with van der Waals surface area (Å²) in [5.41, 5.74) is 7.19. The van der Waals surface area contributed by atoms with Crippen LogP contribution in [0.1, 0.15) is 5.69 Å². The first-order valence-electron chi connectivity index (χ1n) is 4.78. The summed E-state index contributed by atoms with van der Waals surface area (Å²) >= 11 is 6.00. The molecule has 0 saturated carbocycles. The lowest BCUT2D eigenvalue weighted by Gasteiger charge is -2.07. The van der Waals surface area contributed by atoms with E-state index in [4.69, 9.17) is 17.3 Å². The number of nitrogens with two attached hydrogens (primary N) is 1. The van der Waals surface area contributed by atoms with Crippen LogP contribution >= 0.6 is 24.0 Å². The van der Waals surface area contributed by atoms with Crippen LogP contribution in [0.15, 0.2) is 30.3 Å². The molecule has 0 aliphatic rings. The highest BCUT2D eigenvalue weighted by atomic mass is 35.5. The fourth-order valence-corrected chi connectivity index (χ4v) is 1.51. The first kappa shape index (κ1) is 13.5. The molecule has 0 spiro atoms. The average molecular weight is 271 g/mol. The van der Waals surface area contributed by atoms with E-state index in [2.05, 4.69) is 15.3 Å². The largest absolute Gasteiger partial charge is 0.384 e. The van der Waals surface area contributed by atoms with Gasteiger partial charge in [0, 0.05) is 11.8 Å². The molecular formula is C11H12Cl2N4. The molecule has 0 unspecified atom stereocenters. The van der Waals surface area contributed by atoms with Gasteiger partial charge in [0.2, 0.25) is 5.95 Å². The Morgan fingerprint density at radius 3 is 2.59 bits per heavy atom. The van der Waals surface area contributed by atoms with Crippen molar-refractivity contribution in [2.75, 3.05) is 11.1 Å². The predicted octanol–water partition coefficient (Wildman–Crippen LogP) is 3.19. The molecule has 0 aliphatic heterocycles. The van der Waals surface area contributed by atoms with Crippen LogP contribution in [0.4, 0.5) is 17.5 Å². The lowest BCUT2D eigenvalue weighted by atomic mass is 10.3.